The van der Waals surface area contributed by atoms with E-state index in [1.54, 1.807) is 0 Å². The topological polar surface area (TPSA) is 50.4 Å². The number of para-hydroxylation sites is 1. The van der Waals surface area contributed by atoms with E-state index in [9.17, 15) is 4.79 Å². The number of nitrogens with one attached hydrogen (secondary N) is 2. The number of rotatable bonds is 5. The van der Waals surface area contributed by atoms with Gasteiger partial charge in [0.1, 0.15) is 11.4 Å². The van der Waals surface area contributed by atoms with E-state index in [-0.39, 0.29) is 17.6 Å². The highest BCUT2D eigenvalue weighted by Crippen LogP contribution is 2.42. The smallest absolute Gasteiger partial charge is 0.221 e. The Morgan fingerprint density at radius 2 is 2.10 bits per heavy atom. The molecule has 1 amide bonds. The third kappa shape index (κ3) is 2.80. The molecule has 1 aliphatic heterocycles. The van der Waals surface area contributed by atoms with Crippen molar-refractivity contribution >= 4 is 5.91 Å². The van der Waals surface area contributed by atoms with E-state index in [0.717, 1.165) is 18.6 Å². The third-order valence-corrected chi connectivity index (χ3v) is 3.94. The van der Waals surface area contributed by atoms with Crippen LogP contribution in [-0.2, 0) is 4.79 Å². The van der Waals surface area contributed by atoms with Crippen molar-refractivity contribution in [2.75, 3.05) is 6.54 Å². The lowest BCUT2D eigenvalue weighted by Gasteiger charge is -2.27. The van der Waals surface area contributed by atoms with Gasteiger partial charge < -0.3 is 15.4 Å². The monoisotopic (exact) mass is 274 g/mol. The minimum Gasteiger partial charge on any atom is -0.486 e. The molecule has 2 N–H and O–H groups in total. The Kier molecular flexibility index (Phi) is 3.42. The van der Waals surface area contributed by atoms with Crippen molar-refractivity contribution in [3.05, 3.63) is 29.8 Å². The molecule has 0 radical (unpaired) electrons. The highest BCUT2D eigenvalue weighted by atomic mass is 16.5. The number of hydrogen-bond acceptors (Lipinski definition) is 3. The minimum absolute atomic E-state index is 0.132. The first-order valence-electron chi connectivity index (χ1n) is 7.37. The van der Waals surface area contributed by atoms with Gasteiger partial charge in [0.2, 0.25) is 5.91 Å². The van der Waals surface area contributed by atoms with Crippen LogP contribution >= 0.6 is 0 Å². The van der Waals surface area contributed by atoms with E-state index in [1.165, 1.54) is 5.56 Å². The molecule has 0 aromatic heterocycles. The Bertz CT molecular complexity index is 509. The molecular formula is C16H22N2O2. The van der Waals surface area contributed by atoms with Crippen molar-refractivity contribution in [3.63, 3.8) is 0 Å². The summed E-state index contributed by atoms with van der Waals surface area (Å²) in [5.74, 6) is 1.09. The minimum atomic E-state index is -0.281. The highest BCUT2D eigenvalue weighted by molar-refractivity contribution is 5.76. The molecule has 1 aromatic rings. The van der Waals surface area contributed by atoms with E-state index in [1.807, 2.05) is 18.2 Å². The van der Waals surface area contributed by atoms with Gasteiger partial charge in [0.25, 0.3) is 0 Å². The van der Waals surface area contributed by atoms with Crippen molar-refractivity contribution in [1.29, 1.82) is 0 Å². The lowest BCUT2D eigenvalue weighted by molar-refractivity contribution is -0.121. The first-order chi connectivity index (χ1) is 9.56. The number of hydrogen-bond donors (Lipinski definition) is 2. The van der Waals surface area contributed by atoms with Crippen LogP contribution in [0, 0.1) is 0 Å². The van der Waals surface area contributed by atoms with Crippen molar-refractivity contribution in [3.8, 4) is 5.75 Å². The second-order valence-electron chi connectivity index (χ2n) is 6.22. The number of carbonyl (C=O) groups is 1. The fourth-order valence-electron chi connectivity index (χ4n) is 2.74. The molecule has 0 saturated heterocycles. The van der Waals surface area contributed by atoms with Gasteiger partial charge in [-0.2, -0.15) is 0 Å². The molecule has 20 heavy (non-hydrogen) atoms. The SMILES string of the molecule is CC1(C)Oc2ccccc2C1NCCC(=O)NC1CC1. The molecule has 4 nitrogen and oxygen atoms in total. The van der Waals surface area contributed by atoms with Gasteiger partial charge in [0.05, 0.1) is 6.04 Å². The van der Waals surface area contributed by atoms with Crippen LogP contribution in [0.2, 0.25) is 0 Å². The fourth-order valence-corrected chi connectivity index (χ4v) is 2.74. The molecule has 1 aliphatic carbocycles. The van der Waals surface area contributed by atoms with Crippen LogP contribution in [0.5, 0.6) is 5.75 Å². The van der Waals surface area contributed by atoms with Gasteiger partial charge in [0, 0.05) is 24.6 Å². The van der Waals surface area contributed by atoms with Crippen molar-refractivity contribution in [1.82, 2.24) is 10.6 Å². The fraction of sp³-hybridized carbons (Fsp3) is 0.562. The molecule has 1 aromatic carbocycles. The third-order valence-electron chi connectivity index (χ3n) is 3.94. The molecule has 2 aliphatic rings. The summed E-state index contributed by atoms with van der Waals surface area (Å²) in [6.45, 7) is 4.83. The van der Waals surface area contributed by atoms with Crippen LogP contribution in [0.15, 0.2) is 24.3 Å². The van der Waals surface area contributed by atoms with Gasteiger partial charge >= 0.3 is 0 Å². The summed E-state index contributed by atoms with van der Waals surface area (Å²) in [5, 5.41) is 6.48. The van der Waals surface area contributed by atoms with Gasteiger partial charge in [-0.25, -0.2) is 0 Å². The molecule has 3 rings (SSSR count). The number of carbonyl (C=O) groups excluding carboxylic acids is 1. The molecular weight excluding hydrogens is 252 g/mol. The summed E-state index contributed by atoms with van der Waals surface area (Å²) in [7, 11) is 0. The number of fused-ring (bicyclic) bond motifs is 1. The van der Waals surface area contributed by atoms with Crippen molar-refractivity contribution in [2.45, 2.75) is 50.8 Å². The standard InChI is InChI=1S/C16H22N2O2/c1-16(2)15(12-5-3-4-6-13(12)20-16)17-10-9-14(19)18-11-7-8-11/h3-6,11,15,17H,7-10H2,1-2H3,(H,18,19). The largest absolute Gasteiger partial charge is 0.486 e. The van der Waals surface area contributed by atoms with Gasteiger partial charge in [0.15, 0.2) is 0 Å². The van der Waals surface area contributed by atoms with Crippen molar-refractivity contribution < 1.29 is 9.53 Å². The lowest BCUT2D eigenvalue weighted by atomic mass is 9.94. The Labute approximate surface area is 119 Å². The molecule has 0 spiro atoms. The summed E-state index contributed by atoms with van der Waals surface area (Å²) in [6.07, 6.45) is 2.79. The van der Waals surface area contributed by atoms with E-state index < -0.39 is 0 Å². The average Bonchev–Trinajstić information content (AvgIpc) is 3.14. The predicted molar refractivity (Wildman–Crippen MR) is 77.7 cm³/mol. The molecule has 1 fully saturated rings. The number of benzene rings is 1. The zero-order valence-electron chi connectivity index (χ0n) is 12.1. The van der Waals surface area contributed by atoms with Crippen LogP contribution in [0.1, 0.15) is 44.7 Å². The zero-order chi connectivity index (χ0) is 14.2. The molecule has 1 atom stereocenters. The molecule has 4 heteroatoms. The molecule has 108 valence electrons. The first-order valence-corrected chi connectivity index (χ1v) is 7.37. The summed E-state index contributed by atoms with van der Waals surface area (Å²) < 4.78 is 5.98. The average molecular weight is 274 g/mol. The van der Waals surface area contributed by atoms with Crippen LogP contribution < -0.4 is 15.4 Å². The molecule has 1 heterocycles. The predicted octanol–water partition coefficient (Wildman–Crippen LogP) is 2.16. The zero-order valence-corrected chi connectivity index (χ0v) is 12.1. The van der Waals surface area contributed by atoms with Crippen molar-refractivity contribution in [2.24, 2.45) is 0 Å². The van der Waals surface area contributed by atoms with E-state index in [2.05, 4.69) is 30.5 Å². The molecule has 0 bridgehead atoms. The maximum Gasteiger partial charge on any atom is 0.221 e. The Morgan fingerprint density at radius 3 is 2.85 bits per heavy atom. The summed E-state index contributed by atoms with van der Waals surface area (Å²) >= 11 is 0. The first kappa shape index (κ1) is 13.4. The van der Waals surface area contributed by atoms with Gasteiger partial charge in [-0.3, -0.25) is 4.79 Å². The van der Waals surface area contributed by atoms with Gasteiger partial charge in [-0.15, -0.1) is 0 Å². The summed E-state index contributed by atoms with van der Waals surface area (Å²) in [6, 6.07) is 8.67. The second-order valence-corrected chi connectivity index (χ2v) is 6.22. The summed E-state index contributed by atoms with van der Waals surface area (Å²) in [4.78, 5) is 11.7. The van der Waals surface area contributed by atoms with E-state index >= 15 is 0 Å². The van der Waals surface area contributed by atoms with Crippen LogP contribution in [-0.4, -0.2) is 24.1 Å². The normalized spacial score (nSPS) is 23.0. The lowest BCUT2D eigenvalue weighted by Crippen LogP contribution is -2.40. The van der Waals surface area contributed by atoms with Gasteiger partial charge in [-0.1, -0.05) is 18.2 Å². The Balaban J connectivity index is 1.57. The molecule has 1 saturated carbocycles. The van der Waals surface area contributed by atoms with E-state index in [0.29, 0.717) is 19.0 Å². The number of ether oxygens (including phenoxy) is 1. The second kappa shape index (κ2) is 5.09. The maximum atomic E-state index is 11.7. The summed E-state index contributed by atoms with van der Waals surface area (Å²) in [5.41, 5.74) is 0.900. The molecule has 1 unspecified atom stereocenters. The maximum absolute atomic E-state index is 11.7. The highest BCUT2D eigenvalue weighted by Gasteiger charge is 2.40. The number of amides is 1. The van der Waals surface area contributed by atoms with Gasteiger partial charge in [-0.05, 0) is 32.8 Å². The Hall–Kier alpha value is -1.55. The van der Waals surface area contributed by atoms with Crippen LogP contribution in [0.3, 0.4) is 0 Å². The quantitative estimate of drug-likeness (QED) is 0.865. The Morgan fingerprint density at radius 1 is 1.35 bits per heavy atom. The van der Waals surface area contributed by atoms with Crippen LogP contribution in [0.25, 0.3) is 0 Å². The van der Waals surface area contributed by atoms with Crippen LogP contribution in [0.4, 0.5) is 0 Å². The van der Waals surface area contributed by atoms with E-state index in [4.69, 9.17) is 4.74 Å².